The number of pyridine rings is 1. The summed E-state index contributed by atoms with van der Waals surface area (Å²) >= 11 is 6.39. The smallest absolute Gasteiger partial charge is 0.252 e. The van der Waals surface area contributed by atoms with E-state index in [1.807, 2.05) is 12.1 Å². The second-order valence-corrected chi connectivity index (χ2v) is 9.02. The Morgan fingerprint density at radius 2 is 2.08 bits per heavy atom. The van der Waals surface area contributed by atoms with Gasteiger partial charge in [0, 0.05) is 45.7 Å². The van der Waals surface area contributed by atoms with Gasteiger partial charge in [-0.15, -0.1) is 0 Å². The van der Waals surface area contributed by atoms with Gasteiger partial charge < -0.3 is 20.7 Å². The maximum atomic E-state index is 14.1. The highest BCUT2D eigenvalue weighted by molar-refractivity contribution is 6.31. The van der Waals surface area contributed by atoms with Crippen molar-refractivity contribution in [3.8, 4) is 11.1 Å². The Morgan fingerprint density at radius 1 is 1.19 bits per heavy atom. The van der Waals surface area contributed by atoms with Crippen molar-refractivity contribution in [1.82, 2.24) is 25.2 Å². The third-order valence-corrected chi connectivity index (χ3v) is 6.71. The van der Waals surface area contributed by atoms with Crippen LogP contribution in [-0.2, 0) is 9.53 Å². The third-order valence-electron chi connectivity index (χ3n) is 6.36. The SMILES string of the molecule is O=C1NC(c2cc(F)ccc2Cl)c2c(NC(=O)C3COCCN3)cc(-c3ccc4ncnn4c3)cc21. The zero-order chi connectivity index (χ0) is 24.8. The Morgan fingerprint density at radius 3 is 2.92 bits per heavy atom. The molecule has 0 spiro atoms. The van der Waals surface area contributed by atoms with Crippen LogP contribution in [0.1, 0.15) is 27.5 Å². The summed E-state index contributed by atoms with van der Waals surface area (Å²) in [6.07, 6.45) is 3.24. The number of fused-ring (bicyclic) bond motifs is 2. The fourth-order valence-electron chi connectivity index (χ4n) is 4.61. The molecule has 0 aliphatic carbocycles. The van der Waals surface area contributed by atoms with Crippen molar-refractivity contribution in [2.45, 2.75) is 12.1 Å². The van der Waals surface area contributed by atoms with Crippen molar-refractivity contribution in [2.75, 3.05) is 25.1 Å². The van der Waals surface area contributed by atoms with Crippen molar-refractivity contribution in [1.29, 1.82) is 0 Å². The molecule has 4 heterocycles. The minimum atomic E-state index is -0.742. The molecule has 2 unspecified atom stereocenters. The molecule has 1 saturated heterocycles. The lowest BCUT2D eigenvalue weighted by Gasteiger charge is -2.24. The Balaban J connectivity index is 1.49. The minimum absolute atomic E-state index is 0.229. The fourth-order valence-corrected chi connectivity index (χ4v) is 4.84. The molecule has 0 bridgehead atoms. The summed E-state index contributed by atoms with van der Waals surface area (Å²) < 4.78 is 21.2. The van der Waals surface area contributed by atoms with E-state index in [4.69, 9.17) is 16.3 Å². The lowest BCUT2D eigenvalue weighted by atomic mass is 9.93. The summed E-state index contributed by atoms with van der Waals surface area (Å²) in [5.74, 6) is -1.14. The molecule has 6 rings (SSSR count). The number of carbonyl (C=O) groups excluding carboxylic acids is 2. The first-order chi connectivity index (χ1) is 17.5. The second kappa shape index (κ2) is 8.98. The molecule has 36 heavy (non-hydrogen) atoms. The molecule has 3 N–H and O–H groups in total. The lowest BCUT2D eigenvalue weighted by molar-refractivity contribution is -0.120. The summed E-state index contributed by atoms with van der Waals surface area (Å²) in [7, 11) is 0. The van der Waals surface area contributed by atoms with Crippen molar-refractivity contribution in [3.05, 3.63) is 82.5 Å². The van der Waals surface area contributed by atoms with Crippen LogP contribution in [0.4, 0.5) is 10.1 Å². The van der Waals surface area contributed by atoms with Gasteiger partial charge in [-0.05, 0) is 48.0 Å². The average molecular weight is 507 g/mol. The van der Waals surface area contributed by atoms with E-state index >= 15 is 0 Å². The van der Waals surface area contributed by atoms with E-state index in [0.29, 0.717) is 51.8 Å². The maximum Gasteiger partial charge on any atom is 0.252 e. The van der Waals surface area contributed by atoms with Crippen LogP contribution < -0.4 is 16.0 Å². The van der Waals surface area contributed by atoms with Crippen LogP contribution in [-0.4, -0.2) is 52.2 Å². The number of anilines is 1. The summed E-state index contributed by atoms with van der Waals surface area (Å²) in [4.78, 5) is 30.4. The third kappa shape index (κ3) is 3.98. The fraction of sp³-hybridized carbons (Fsp3) is 0.200. The van der Waals surface area contributed by atoms with Crippen LogP contribution in [0.15, 0.2) is 55.0 Å². The highest BCUT2D eigenvalue weighted by atomic mass is 35.5. The molecule has 0 radical (unpaired) electrons. The van der Waals surface area contributed by atoms with Gasteiger partial charge in [0.15, 0.2) is 5.65 Å². The molecular formula is C25H20ClFN6O3. The number of morpholine rings is 1. The number of benzene rings is 2. The first-order valence-corrected chi connectivity index (χ1v) is 11.7. The van der Waals surface area contributed by atoms with Crippen LogP contribution in [0, 0.1) is 5.82 Å². The largest absolute Gasteiger partial charge is 0.378 e. The number of amides is 2. The number of halogens is 2. The molecule has 182 valence electrons. The zero-order valence-corrected chi connectivity index (χ0v) is 19.6. The van der Waals surface area contributed by atoms with E-state index in [1.165, 1.54) is 24.5 Å². The highest BCUT2D eigenvalue weighted by Crippen LogP contribution is 2.41. The Kier molecular flexibility index (Phi) is 5.63. The van der Waals surface area contributed by atoms with Crippen LogP contribution in [0.3, 0.4) is 0 Å². The lowest BCUT2D eigenvalue weighted by Crippen LogP contribution is -2.49. The number of nitrogens with zero attached hydrogens (tertiary/aromatic N) is 3. The van der Waals surface area contributed by atoms with Crippen LogP contribution in [0.2, 0.25) is 5.02 Å². The van der Waals surface area contributed by atoms with Gasteiger partial charge in [-0.2, -0.15) is 5.10 Å². The standard InChI is InChI=1S/C25H20ClFN6O3/c26-18-3-2-15(27)9-16(18)23-22-17(24(34)32-23)7-14(13-1-4-21-29-12-30-33(21)10-13)8-19(22)31-25(35)20-11-36-6-5-28-20/h1-4,7-10,12,20,23,28H,5-6,11H2,(H,31,35)(H,32,34). The van der Waals surface area contributed by atoms with Crippen LogP contribution in [0.5, 0.6) is 0 Å². The topological polar surface area (TPSA) is 110 Å². The maximum absolute atomic E-state index is 14.1. The van der Waals surface area contributed by atoms with Crippen molar-refractivity contribution < 1.29 is 18.7 Å². The molecule has 2 amide bonds. The van der Waals surface area contributed by atoms with Gasteiger partial charge in [-0.25, -0.2) is 13.9 Å². The first kappa shape index (κ1) is 22.6. The van der Waals surface area contributed by atoms with Gasteiger partial charge in [-0.3, -0.25) is 9.59 Å². The quantitative estimate of drug-likeness (QED) is 0.392. The summed E-state index contributed by atoms with van der Waals surface area (Å²) in [6, 6.07) is 9.90. The van der Waals surface area contributed by atoms with Crippen molar-refractivity contribution >= 4 is 34.7 Å². The number of aromatic nitrogens is 3. The van der Waals surface area contributed by atoms with Gasteiger partial charge >= 0.3 is 0 Å². The van der Waals surface area contributed by atoms with E-state index in [-0.39, 0.29) is 18.4 Å². The average Bonchev–Trinajstić information content (AvgIpc) is 3.50. The molecule has 9 nitrogen and oxygen atoms in total. The van der Waals surface area contributed by atoms with Crippen molar-refractivity contribution in [2.24, 2.45) is 0 Å². The Labute approximate surface area is 209 Å². The second-order valence-electron chi connectivity index (χ2n) is 8.61. The highest BCUT2D eigenvalue weighted by Gasteiger charge is 2.35. The molecule has 2 atom stereocenters. The minimum Gasteiger partial charge on any atom is -0.378 e. The molecule has 2 aromatic heterocycles. The number of hydrogen-bond acceptors (Lipinski definition) is 6. The van der Waals surface area contributed by atoms with E-state index in [1.54, 1.807) is 22.8 Å². The van der Waals surface area contributed by atoms with Gasteiger partial charge in [-0.1, -0.05) is 11.6 Å². The van der Waals surface area contributed by atoms with Gasteiger partial charge in [0.1, 0.15) is 18.2 Å². The normalized spacial score (nSPS) is 19.2. The predicted octanol–water partition coefficient (Wildman–Crippen LogP) is 2.95. The summed E-state index contributed by atoms with van der Waals surface area (Å²) in [6.45, 7) is 1.31. The van der Waals surface area contributed by atoms with Crippen LogP contribution in [0.25, 0.3) is 16.8 Å². The number of rotatable bonds is 4. The number of hydrogen-bond donors (Lipinski definition) is 3. The monoisotopic (exact) mass is 506 g/mol. The number of carbonyl (C=O) groups is 2. The van der Waals surface area contributed by atoms with E-state index in [9.17, 15) is 14.0 Å². The predicted molar refractivity (Wildman–Crippen MR) is 130 cm³/mol. The molecule has 2 aliphatic rings. The summed E-state index contributed by atoms with van der Waals surface area (Å²) in [5.41, 5.74) is 3.83. The molecule has 11 heteroatoms. The van der Waals surface area contributed by atoms with E-state index < -0.39 is 17.9 Å². The van der Waals surface area contributed by atoms with Gasteiger partial charge in [0.25, 0.3) is 5.91 Å². The molecule has 2 aliphatic heterocycles. The van der Waals surface area contributed by atoms with Crippen molar-refractivity contribution in [3.63, 3.8) is 0 Å². The summed E-state index contributed by atoms with van der Waals surface area (Å²) in [5, 5.41) is 13.5. The van der Waals surface area contributed by atoms with E-state index in [0.717, 1.165) is 5.56 Å². The van der Waals surface area contributed by atoms with E-state index in [2.05, 4.69) is 26.0 Å². The van der Waals surface area contributed by atoms with Gasteiger partial charge in [0.2, 0.25) is 5.91 Å². The molecule has 4 aromatic rings. The Bertz CT molecular complexity index is 1520. The number of ether oxygens (including phenoxy) is 1. The number of nitrogens with one attached hydrogen (secondary N) is 3. The van der Waals surface area contributed by atoms with Gasteiger partial charge in [0.05, 0.1) is 19.3 Å². The first-order valence-electron chi connectivity index (χ1n) is 11.3. The molecular weight excluding hydrogens is 487 g/mol. The Hall–Kier alpha value is -3.86. The zero-order valence-electron chi connectivity index (χ0n) is 18.8. The van der Waals surface area contributed by atoms with Crippen LogP contribution >= 0.6 is 11.6 Å². The molecule has 2 aromatic carbocycles. The molecule has 0 saturated carbocycles. The molecule has 1 fully saturated rings.